The predicted molar refractivity (Wildman–Crippen MR) is 103 cm³/mol. The maximum Gasteiger partial charge on any atom is 0.168 e. The second-order valence-electron chi connectivity index (χ2n) is 6.24. The molecule has 0 fully saturated rings. The van der Waals surface area contributed by atoms with Crippen LogP contribution in [0.5, 0.6) is 5.75 Å². The van der Waals surface area contributed by atoms with Crippen molar-refractivity contribution in [1.29, 1.82) is 0 Å². The molecule has 4 aromatic rings. The minimum atomic E-state index is -0.784. The second-order valence-corrected chi connectivity index (χ2v) is 6.24. The number of aromatic amines is 1. The Morgan fingerprint density at radius 3 is 2.54 bits per heavy atom. The zero-order valence-corrected chi connectivity index (χ0v) is 15.1. The summed E-state index contributed by atoms with van der Waals surface area (Å²) in [6.07, 6.45) is 3.28. The van der Waals surface area contributed by atoms with Crippen molar-refractivity contribution in [1.82, 2.24) is 9.97 Å². The molecule has 0 atom stereocenters. The highest BCUT2D eigenvalue weighted by atomic mass is 19.1. The smallest absolute Gasteiger partial charge is 0.168 e. The Labute approximate surface area is 159 Å². The zero-order valence-electron chi connectivity index (χ0n) is 15.1. The average Bonchev–Trinajstić information content (AvgIpc) is 3.11. The highest BCUT2D eigenvalue weighted by molar-refractivity contribution is 5.97. The number of hydrogen-bond donors (Lipinski definition) is 2. The van der Waals surface area contributed by atoms with Crippen molar-refractivity contribution in [3.8, 4) is 28.0 Å². The van der Waals surface area contributed by atoms with Crippen molar-refractivity contribution >= 4 is 16.7 Å². The molecule has 142 valence electrons. The summed E-state index contributed by atoms with van der Waals surface area (Å²) in [5.74, 6) is -1.90. The molecule has 2 N–H and O–H groups in total. The molecule has 2 aromatic heterocycles. The van der Waals surface area contributed by atoms with E-state index in [2.05, 4.69) is 15.3 Å². The van der Waals surface area contributed by atoms with E-state index >= 15 is 0 Å². The summed E-state index contributed by atoms with van der Waals surface area (Å²) in [6.45, 7) is 0. The number of rotatable bonds is 4. The number of nitrogens with zero attached hydrogens (tertiary/aromatic N) is 1. The number of fused-ring (bicyclic) bond motifs is 1. The molecule has 0 spiro atoms. The molecule has 2 aromatic carbocycles. The Hall–Kier alpha value is -3.48. The van der Waals surface area contributed by atoms with Crippen LogP contribution in [0.25, 0.3) is 33.3 Å². The van der Waals surface area contributed by atoms with Gasteiger partial charge in [0, 0.05) is 47.6 Å². The Morgan fingerprint density at radius 2 is 1.79 bits per heavy atom. The maximum absolute atomic E-state index is 14.1. The SMILES string of the molecule is CNc1cc(-c2cnc3[nH]cc(-c4cc(F)cc(F)c4OC)c3c2)ccc1F. The van der Waals surface area contributed by atoms with E-state index in [0.29, 0.717) is 22.3 Å². The Kier molecular flexibility index (Phi) is 4.43. The summed E-state index contributed by atoms with van der Waals surface area (Å²) in [5.41, 5.74) is 3.24. The second kappa shape index (κ2) is 6.92. The molecule has 0 amide bonds. The minimum absolute atomic E-state index is 0.0491. The van der Waals surface area contributed by atoms with E-state index in [4.69, 9.17) is 4.74 Å². The normalized spacial score (nSPS) is 11.0. The lowest BCUT2D eigenvalue weighted by molar-refractivity contribution is 0.386. The van der Waals surface area contributed by atoms with Crippen molar-refractivity contribution in [2.24, 2.45) is 0 Å². The van der Waals surface area contributed by atoms with Crippen molar-refractivity contribution in [2.75, 3.05) is 19.5 Å². The fourth-order valence-corrected chi connectivity index (χ4v) is 3.25. The van der Waals surface area contributed by atoms with Gasteiger partial charge in [0.15, 0.2) is 11.6 Å². The largest absolute Gasteiger partial charge is 0.493 e. The van der Waals surface area contributed by atoms with Crippen molar-refractivity contribution in [3.05, 3.63) is 66.2 Å². The Bertz CT molecular complexity index is 1190. The lowest BCUT2D eigenvalue weighted by atomic mass is 10.0. The first-order valence-electron chi connectivity index (χ1n) is 8.50. The van der Waals surface area contributed by atoms with Gasteiger partial charge in [0.2, 0.25) is 0 Å². The van der Waals surface area contributed by atoms with E-state index in [9.17, 15) is 13.2 Å². The molecule has 4 rings (SSSR count). The summed E-state index contributed by atoms with van der Waals surface area (Å²) in [5, 5.41) is 3.46. The van der Waals surface area contributed by atoms with Crippen LogP contribution in [0.1, 0.15) is 0 Å². The fraction of sp³-hybridized carbons (Fsp3) is 0.0952. The molecular weight excluding hydrogens is 367 g/mol. The summed E-state index contributed by atoms with van der Waals surface area (Å²) in [6, 6.07) is 8.52. The van der Waals surface area contributed by atoms with Crippen molar-refractivity contribution in [3.63, 3.8) is 0 Å². The van der Waals surface area contributed by atoms with Crippen molar-refractivity contribution in [2.45, 2.75) is 0 Å². The van der Waals surface area contributed by atoms with E-state index in [1.165, 1.54) is 19.2 Å². The van der Waals surface area contributed by atoms with Crippen LogP contribution in [0, 0.1) is 17.5 Å². The first-order chi connectivity index (χ1) is 13.5. The molecule has 0 aliphatic carbocycles. The number of hydrogen-bond acceptors (Lipinski definition) is 3. The summed E-state index contributed by atoms with van der Waals surface area (Å²) >= 11 is 0. The number of anilines is 1. The van der Waals surface area contributed by atoms with Gasteiger partial charge in [0.05, 0.1) is 12.8 Å². The highest BCUT2D eigenvalue weighted by Crippen LogP contribution is 2.38. The van der Waals surface area contributed by atoms with E-state index in [1.54, 1.807) is 31.6 Å². The molecular formula is C21H16F3N3O. The van der Waals surface area contributed by atoms with Crippen LogP contribution in [0.2, 0.25) is 0 Å². The number of halogens is 3. The standard InChI is InChI=1S/C21H16F3N3O/c1-25-19-6-11(3-4-17(19)23)12-5-15-16(10-27-21(15)26-9-12)14-7-13(22)8-18(24)20(14)28-2/h3-10,25H,1-2H3,(H,26,27). The third-order valence-electron chi connectivity index (χ3n) is 4.60. The lowest BCUT2D eigenvalue weighted by Crippen LogP contribution is -1.94. The molecule has 7 heteroatoms. The van der Waals surface area contributed by atoms with Gasteiger partial charge in [-0.3, -0.25) is 0 Å². The first kappa shape index (κ1) is 17.9. The van der Waals surface area contributed by atoms with E-state index in [-0.39, 0.29) is 17.1 Å². The van der Waals surface area contributed by atoms with Crippen LogP contribution in [0.4, 0.5) is 18.9 Å². The number of ether oxygens (including phenoxy) is 1. The van der Waals surface area contributed by atoms with Gasteiger partial charge in [-0.25, -0.2) is 18.2 Å². The van der Waals surface area contributed by atoms with E-state index in [0.717, 1.165) is 17.2 Å². The first-order valence-corrected chi connectivity index (χ1v) is 8.50. The fourth-order valence-electron chi connectivity index (χ4n) is 3.25. The van der Waals surface area contributed by atoms with Gasteiger partial charge in [-0.2, -0.15) is 0 Å². The van der Waals surface area contributed by atoms with Gasteiger partial charge in [-0.05, 0) is 29.8 Å². The van der Waals surface area contributed by atoms with Crippen LogP contribution in [0.3, 0.4) is 0 Å². The van der Waals surface area contributed by atoms with Crippen LogP contribution in [-0.2, 0) is 0 Å². The molecule has 0 unspecified atom stereocenters. The number of methoxy groups -OCH3 is 1. The quantitative estimate of drug-likeness (QED) is 0.498. The third kappa shape index (κ3) is 2.94. The van der Waals surface area contributed by atoms with Crippen LogP contribution in [0.15, 0.2) is 48.8 Å². The maximum atomic E-state index is 14.1. The third-order valence-corrected chi connectivity index (χ3v) is 4.60. The lowest BCUT2D eigenvalue weighted by Gasteiger charge is -2.10. The van der Waals surface area contributed by atoms with E-state index in [1.807, 2.05) is 6.07 Å². The van der Waals surface area contributed by atoms with Gasteiger partial charge in [0.25, 0.3) is 0 Å². The molecule has 0 saturated heterocycles. The Balaban J connectivity index is 1.91. The summed E-state index contributed by atoms with van der Waals surface area (Å²) in [7, 11) is 2.97. The topological polar surface area (TPSA) is 49.9 Å². The number of nitrogens with one attached hydrogen (secondary N) is 2. The molecule has 0 aliphatic heterocycles. The number of H-pyrrole nitrogens is 1. The summed E-state index contributed by atoms with van der Waals surface area (Å²) in [4.78, 5) is 7.39. The van der Waals surface area contributed by atoms with Crippen LogP contribution >= 0.6 is 0 Å². The molecule has 0 bridgehead atoms. The number of pyridine rings is 1. The van der Waals surface area contributed by atoms with Gasteiger partial charge < -0.3 is 15.0 Å². The van der Waals surface area contributed by atoms with Crippen LogP contribution in [-0.4, -0.2) is 24.1 Å². The monoisotopic (exact) mass is 383 g/mol. The molecule has 2 heterocycles. The minimum Gasteiger partial charge on any atom is -0.493 e. The zero-order chi connectivity index (χ0) is 19.8. The van der Waals surface area contributed by atoms with Crippen molar-refractivity contribution < 1.29 is 17.9 Å². The van der Waals surface area contributed by atoms with Gasteiger partial charge >= 0.3 is 0 Å². The highest BCUT2D eigenvalue weighted by Gasteiger charge is 2.18. The van der Waals surface area contributed by atoms with E-state index < -0.39 is 11.6 Å². The predicted octanol–water partition coefficient (Wildman–Crippen LogP) is 5.36. The molecule has 4 nitrogen and oxygen atoms in total. The number of benzene rings is 2. The molecule has 0 radical (unpaired) electrons. The summed E-state index contributed by atoms with van der Waals surface area (Å²) < 4.78 is 46.9. The molecule has 0 saturated carbocycles. The van der Waals surface area contributed by atoms with Gasteiger partial charge in [-0.1, -0.05) is 6.07 Å². The average molecular weight is 383 g/mol. The van der Waals surface area contributed by atoms with Crippen LogP contribution < -0.4 is 10.1 Å². The Morgan fingerprint density at radius 1 is 0.964 bits per heavy atom. The molecule has 0 aliphatic rings. The molecule has 28 heavy (non-hydrogen) atoms. The number of aromatic nitrogens is 2. The van der Waals surface area contributed by atoms with Gasteiger partial charge in [-0.15, -0.1) is 0 Å². The van der Waals surface area contributed by atoms with Gasteiger partial charge in [0.1, 0.15) is 17.3 Å².